The van der Waals surface area contributed by atoms with Gasteiger partial charge in [-0.1, -0.05) is 15.9 Å². The standard InChI is InChI=1S/C14H16BrN3O2/c15-10-1-2-11-12(9-10)18(14(20)13(11)19)8-7-17-5-3-16-4-6-17/h1-2,9,16H,3-8H2. The molecule has 1 fully saturated rings. The number of hydrogen-bond acceptors (Lipinski definition) is 4. The Balaban J connectivity index is 1.75. The monoisotopic (exact) mass is 337 g/mol. The third kappa shape index (κ3) is 2.51. The molecule has 0 bridgehead atoms. The molecule has 6 heteroatoms. The van der Waals surface area contributed by atoms with Crippen LogP contribution in [0.15, 0.2) is 22.7 Å². The number of hydrogen-bond donors (Lipinski definition) is 1. The van der Waals surface area contributed by atoms with Crippen molar-refractivity contribution in [2.45, 2.75) is 0 Å². The largest absolute Gasteiger partial charge is 0.314 e. The molecule has 1 saturated heterocycles. The van der Waals surface area contributed by atoms with E-state index in [0.29, 0.717) is 12.1 Å². The first-order valence-corrected chi connectivity index (χ1v) is 7.55. The van der Waals surface area contributed by atoms with Gasteiger partial charge < -0.3 is 10.2 Å². The fourth-order valence-electron chi connectivity index (χ4n) is 2.67. The van der Waals surface area contributed by atoms with Gasteiger partial charge in [0, 0.05) is 43.7 Å². The van der Waals surface area contributed by atoms with Crippen LogP contribution < -0.4 is 10.2 Å². The van der Waals surface area contributed by atoms with E-state index in [4.69, 9.17) is 0 Å². The summed E-state index contributed by atoms with van der Waals surface area (Å²) in [7, 11) is 0. The van der Waals surface area contributed by atoms with Crippen LogP contribution in [0.5, 0.6) is 0 Å². The predicted molar refractivity (Wildman–Crippen MR) is 80.1 cm³/mol. The zero-order chi connectivity index (χ0) is 14.1. The van der Waals surface area contributed by atoms with Crippen LogP contribution in [0.4, 0.5) is 5.69 Å². The third-order valence-electron chi connectivity index (χ3n) is 3.78. The van der Waals surface area contributed by atoms with Gasteiger partial charge in [-0.05, 0) is 18.2 Å². The van der Waals surface area contributed by atoms with Gasteiger partial charge in [0.15, 0.2) is 0 Å². The topological polar surface area (TPSA) is 52.7 Å². The van der Waals surface area contributed by atoms with Crippen LogP contribution >= 0.6 is 15.9 Å². The SMILES string of the molecule is O=C1C(=O)N(CCN2CCNCC2)c2cc(Br)ccc21. The van der Waals surface area contributed by atoms with Crippen LogP contribution in [0, 0.1) is 0 Å². The van der Waals surface area contributed by atoms with Crippen molar-refractivity contribution in [3.05, 3.63) is 28.2 Å². The first-order valence-electron chi connectivity index (χ1n) is 6.75. The molecule has 0 aromatic heterocycles. The van der Waals surface area contributed by atoms with Crippen molar-refractivity contribution in [2.24, 2.45) is 0 Å². The maximum Gasteiger partial charge on any atom is 0.299 e. The maximum absolute atomic E-state index is 12.1. The van der Waals surface area contributed by atoms with Crippen molar-refractivity contribution in [1.29, 1.82) is 0 Å². The molecule has 0 aliphatic carbocycles. The van der Waals surface area contributed by atoms with Gasteiger partial charge in [-0.3, -0.25) is 14.5 Å². The van der Waals surface area contributed by atoms with Gasteiger partial charge in [0.2, 0.25) is 0 Å². The Hall–Kier alpha value is -1.24. The number of piperazine rings is 1. The molecule has 106 valence electrons. The molecule has 1 N–H and O–H groups in total. The normalized spacial score (nSPS) is 19.6. The Bertz CT molecular complexity index is 555. The van der Waals surface area contributed by atoms with E-state index in [-0.39, 0.29) is 0 Å². The lowest BCUT2D eigenvalue weighted by molar-refractivity contribution is -0.114. The van der Waals surface area contributed by atoms with Crippen molar-refractivity contribution < 1.29 is 9.59 Å². The zero-order valence-electron chi connectivity index (χ0n) is 11.1. The van der Waals surface area contributed by atoms with Gasteiger partial charge in [0.25, 0.3) is 11.7 Å². The van der Waals surface area contributed by atoms with E-state index in [1.165, 1.54) is 0 Å². The number of amides is 1. The number of rotatable bonds is 3. The van der Waals surface area contributed by atoms with Crippen LogP contribution in [0.2, 0.25) is 0 Å². The molecule has 2 aliphatic rings. The van der Waals surface area contributed by atoms with Gasteiger partial charge in [-0.2, -0.15) is 0 Å². The number of fused-ring (bicyclic) bond motifs is 1. The summed E-state index contributed by atoms with van der Waals surface area (Å²) in [5, 5.41) is 3.30. The Kier molecular flexibility index (Phi) is 3.87. The van der Waals surface area contributed by atoms with E-state index >= 15 is 0 Å². The number of carbonyl (C=O) groups is 2. The number of ketones is 1. The maximum atomic E-state index is 12.1. The van der Waals surface area contributed by atoms with Crippen molar-refractivity contribution in [3.8, 4) is 0 Å². The lowest BCUT2D eigenvalue weighted by Gasteiger charge is -2.29. The molecular formula is C14H16BrN3O2. The summed E-state index contributed by atoms with van der Waals surface area (Å²) in [6.07, 6.45) is 0. The van der Waals surface area contributed by atoms with E-state index in [1.54, 1.807) is 17.0 Å². The highest BCUT2D eigenvalue weighted by Crippen LogP contribution is 2.31. The Morgan fingerprint density at radius 3 is 2.65 bits per heavy atom. The molecule has 0 atom stereocenters. The molecule has 5 nitrogen and oxygen atoms in total. The van der Waals surface area contributed by atoms with Crippen molar-refractivity contribution >= 4 is 33.3 Å². The molecular weight excluding hydrogens is 322 g/mol. The lowest BCUT2D eigenvalue weighted by atomic mass is 10.1. The average Bonchev–Trinajstić information content (AvgIpc) is 2.70. The highest BCUT2D eigenvalue weighted by molar-refractivity contribution is 9.10. The lowest BCUT2D eigenvalue weighted by Crippen LogP contribution is -2.47. The fraction of sp³-hybridized carbons (Fsp3) is 0.429. The van der Waals surface area contributed by atoms with E-state index in [1.807, 2.05) is 6.07 Å². The van der Waals surface area contributed by atoms with Crippen molar-refractivity contribution in [1.82, 2.24) is 10.2 Å². The molecule has 1 aromatic carbocycles. The van der Waals surface area contributed by atoms with Crippen LogP contribution in [0.25, 0.3) is 0 Å². The number of anilines is 1. The molecule has 2 heterocycles. The van der Waals surface area contributed by atoms with Gasteiger partial charge in [-0.25, -0.2) is 0 Å². The van der Waals surface area contributed by atoms with E-state index in [2.05, 4.69) is 26.1 Å². The average molecular weight is 338 g/mol. The summed E-state index contributed by atoms with van der Waals surface area (Å²) < 4.78 is 0.880. The second kappa shape index (κ2) is 5.63. The summed E-state index contributed by atoms with van der Waals surface area (Å²) in [5.74, 6) is -0.805. The van der Waals surface area contributed by atoms with Crippen molar-refractivity contribution in [2.75, 3.05) is 44.2 Å². The molecule has 20 heavy (non-hydrogen) atoms. The smallest absolute Gasteiger partial charge is 0.299 e. The second-order valence-corrected chi connectivity index (χ2v) is 5.95. The highest BCUT2D eigenvalue weighted by Gasteiger charge is 2.35. The zero-order valence-corrected chi connectivity index (χ0v) is 12.6. The molecule has 0 unspecified atom stereocenters. The van der Waals surface area contributed by atoms with E-state index in [0.717, 1.165) is 42.9 Å². The van der Waals surface area contributed by atoms with Gasteiger partial charge >= 0.3 is 0 Å². The quantitative estimate of drug-likeness (QED) is 0.832. The Morgan fingerprint density at radius 1 is 1.15 bits per heavy atom. The molecule has 1 amide bonds. The Morgan fingerprint density at radius 2 is 1.90 bits per heavy atom. The van der Waals surface area contributed by atoms with Gasteiger partial charge in [0.1, 0.15) is 0 Å². The summed E-state index contributed by atoms with van der Waals surface area (Å²) in [6.45, 7) is 5.30. The predicted octanol–water partition coefficient (Wildman–Crippen LogP) is 0.884. The van der Waals surface area contributed by atoms with Crippen LogP contribution in [-0.2, 0) is 4.79 Å². The molecule has 3 rings (SSSR count). The number of nitrogens with zero attached hydrogens (tertiary/aromatic N) is 2. The summed E-state index contributed by atoms with van der Waals surface area (Å²) in [6, 6.07) is 5.35. The number of benzene rings is 1. The minimum absolute atomic E-state index is 0.396. The van der Waals surface area contributed by atoms with Crippen LogP contribution in [0.3, 0.4) is 0 Å². The molecule has 2 aliphatic heterocycles. The molecule has 0 saturated carbocycles. The minimum Gasteiger partial charge on any atom is -0.314 e. The number of halogens is 1. The molecule has 0 spiro atoms. The number of nitrogens with one attached hydrogen (secondary N) is 1. The minimum atomic E-state index is -0.409. The van der Waals surface area contributed by atoms with Gasteiger partial charge in [0.05, 0.1) is 11.3 Å². The highest BCUT2D eigenvalue weighted by atomic mass is 79.9. The number of carbonyl (C=O) groups excluding carboxylic acids is 2. The van der Waals surface area contributed by atoms with Crippen LogP contribution in [-0.4, -0.2) is 55.9 Å². The fourth-order valence-corrected chi connectivity index (χ4v) is 3.01. The third-order valence-corrected chi connectivity index (χ3v) is 4.28. The van der Waals surface area contributed by atoms with Crippen LogP contribution in [0.1, 0.15) is 10.4 Å². The summed E-state index contributed by atoms with van der Waals surface area (Å²) in [5.41, 5.74) is 1.24. The first-order chi connectivity index (χ1) is 9.66. The first kappa shape index (κ1) is 13.7. The van der Waals surface area contributed by atoms with Crippen molar-refractivity contribution in [3.63, 3.8) is 0 Å². The Labute approximate surface area is 126 Å². The number of Topliss-reactive ketones (excluding diaryl/α,β-unsaturated/α-hetero) is 1. The second-order valence-electron chi connectivity index (χ2n) is 5.04. The molecule has 0 radical (unpaired) electrons. The van der Waals surface area contributed by atoms with Gasteiger partial charge in [-0.15, -0.1) is 0 Å². The summed E-state index contributed by atoms with van der Waals surface area (Å²) in [4.78, 5) is 27.9. The van der Waals surface area contributed by atoms with E-state index in [9.17, 15) is 9.59 Å². The molecule has 1 aromatic rings. The summed E-state index contributed by atoms with van der Waals surface area (Å²) >= 11 is 3.39. The van der Waals surface area contributed by atoms with E-state index < -0.39 is 11.7 Å².